The molecule has 2 aromatic rings. The highest BCUT2D eigenvalue weighted by molar-refractivity contribution is 6.05. The van der Waals surface area contributed by atoms with Gasteiger partial charge in [0.1, 0.15) is 11.5 Å². The predicted molar refractivity (Wildman–Crippen MR) is 70.8 cm³/mol. The zero-order chi connectivity index (χ0) is 13.8. The summed E-state index contributed by atoms with van der Waals surface area (Å²) < 4.78 is 10.3. The van der Waals surface area contributed by atoms with Crippen LogP contribution < -0.4 is 14.8 Å². The lowest BCUT2D eigenvalue weighted by molar-refractivity contribution is 0.102. The Morgan fingerprint density at radius 1 is 1.32 bits per heavy atom. The lowest BCUT2D eigenvalue weighted by atomic mass is 10.2. The standard InChI is InChI=1S/C13H15N3O3/c1-8-10(7-14-16-8)13(17)15-11-6-9(18-2)4-5-12(11)19-3/h4-7H,1-3H3,(H,14,16)(H,15,17). The summed E-state index contributed by atoms with van der Waals surface area (Å²) in [5, 5.41) is 9.31. The Hall–Kier alpha value is -2.50. The van der Waals surface area contributed by atoms with Crippen molar-refractivity contribution in [2.24, 2.45) is 0 Å². The highest BCUT2D eigenvalue weighted by Gasteiger charge is 2.14. The van der Waals surface area contributed by atoms with Gasteiger partial charge in [-0.2, -0.15) is 5.10 Å². The fraction of sp³-hybridized carbons (Fsp3) is 0.231. The lowest BCUT2D eigenvalue weighted by Gasteiger charge is -2.11. The molecule has 1 aromatic heterocycles. The first kappa shape index (κ1) is 12.9. The van der Waals surface area contributed by atoms with Gasteiger partial charge in [0.25, 0.3) is 5.91 Å². The van der Waals surface area contributed by atoms with Crippen LogP contribution >= 0.6 is 0 Å². The van der Waals surface area contributed by atoms with Gasteiger partial charge in [0, 0.05) is 11.8 Å². The van der Waals surface area contributed by atoms with Crippen molar-refractivity contribution in [2.75, 3.05) is 19.5 Å². The van der Waals surface area contributed by atoms with Crippen molar-refractivity contribution < 1.29 is 14.3 Å². The number of nitrogens with one attached hydrogen (secondary N) is 2. The van der Waals surface area contributed by atoms with Gasteiger partial charge in [-0.25, -0.2) is 0 Å². The molecule has 6 heteroatoms. The van der Waals surface area contributed by atoms with E-state index in [0.29, 0.717) is 28.4 Å². The molecule has 1 aromatic carbocycles. The summed E-state index contributed by atoms with van der Waals surface area (Å²) in [4.78, 5) is 12.1. The number of hydrogen-bond donors (Lipinski definition) is 2. The van der Waals surface area contributed by atoms with E-state index in [9.17, 15) is 4.79 Å². The van der Waals surface area contributed by atoms with Gasteiger partial charge in [-0.15, -0.1) is 0 Å². The van der Waals surface area contributed by atoms with Gasteiger partial charge in [0.15, 0.2) is 0 Å². The second-order valence-electron chi connectivity index (χ2n) is 3.93. The second-order valence-corrected chi connectivity index (χ2v) is 3.93. The van der Waals surface area contributed by atoms with E-state index in [1.165, 1.54) is 6.20 Å². The van der Waals surface area contributed by atoms with Crippen molar-refractivity contribution in [3.05, 3.63) is 35.7 Å². The molecular formula is C13H15N3O3. The Balaban J connectivity index is 2.27. The van der Waals surface area contributed by atoms with Crippen LogP contribution in [0.2, 0.25) is 0 Å². The first-order valence-electron chi connectivity index (χ1n) is 5.69. The number of nitrogens with zero attached hydrogens (tertiary/aromatic N) is 1. The van der Waals surface area contributed by atoms with Crippen molar-refractivity contribution in [3.63, 3.8) is 0 Å². The molecule has 0 saturated heterocycles. The number of methoxy groups -OCH3 is 2. The first-order chi connectivity index (χ1) is 9.15. The van der Waals surface area contributed by atoms with Crippen LogP contribution in [-0.4, -0.2) is 30.3 Å². The summed E-state index contributed by atoms with van der Waals surface area (Å²) in [6.45, 7) is 1.78. The number of anilines is 1. The molecule has 1 amide bonds. The fourth-order valence-corrected chi connectivity index (χ4v) is 1.68. The smallest absolute Gasteiger partial charge is 0.259 e. The van der Waals surface area contributed by atoms with E-state index in [0.717, 1.165) is 0 Å². The quantitative estimate of drug-likeness (QED) is 0.882. The van der Waals surface area contributed by atoms with Crippen LogP contribution in [0.15, 0.2) is 24.4 Å². The lowest BCUT2D eigenvalue weighted by Crippen LogP contribution is -2.13. The topological polar surface area (TPSA) is 76.2 Å². The van der Waals surface area contributed by atoms with E-state index < -0.39 is 0 Å². The Labute approximate surface area is 110 Å². The van der Waals surface area contributed by atoms with Crippen LogP contribution in [0.25, 0.3) is 0 Å². The summed E-state index contributed by atoms with van der Waals surface area (Å²) in [5.41, 5.74) is 1.75. The minimum absolute atomic E-state index is 0.252. The molecule has 0 radical (unpaired) electrons. The maximum absolute atomic E-state index is 12.1. The molecule has 19 heavy (non-hydrogen) atoms. The number of hydrogen-bond acceptors (Lipinski definition) is 4. The van der Waals surface area contributed by atoms with Gasteiger partial charge >= 0.3 is 0 Å². The largest absolute Gasteiger partial charge is 0.497 e. The summed E-state index contributed by atoms with van der Waals surface area (Å²) in [6.07, 6.45) is 1.48. The molecule has 6 nitrogen and oxygen atoms in total. The van der Waals surface area contributed by atoms with E-state index in [1.54, 1.807) is 39.3 Å². The van der Waals surface area contributed by atoms with Gasteiger partial charge in [-0.1, -0.05) is 0 Å². The molecule has 1 heterocycles. The van der Waals surface area contributed by atoms with E-state index >= 15 is 0 Å². The molecule has 0 atom stereocenters. The monoisotopic (exact) mass is 261 g/mol. The van der Waals surface area contributed by atoms with Crippen LogP contribution in [0, 0.1) is 6.92 Å². The zero-order valence-corrected chi connectivity index (χ0v) is 11.0. The second kappa shape index (κ2) is 5.43. The van der Waals surface area contributed by atoms with E-state index in [4.69, 9.17) is 9.47 Å². The highest BCUT2D eigenvalue weighted by atomic mass is 16.5. The summed E-state index contributed by atoms with van der Waals surface area (Å²) in [7, 11) is 3.11. The summed E-state index contributed by atoms with van der Waals surface area (Å²) in [6, 6.07) is 5.19. The molecule has 0 aliphatic carbocycles. The van der Waals surface area contributed by atoms with Crippen molar-refractivity contribution in [1.82, 2.24) is 10.2 Å². The predicted octanol–water partition coefficient (Wildman–Crippen LogP) is 1.99. The number of carbonyl (C=O) groups excluding carboxylic acids is 1. The zero-order valence-electron chi connectivity index (χ0n) is 11.0. The number of H-pyrrole nitrogens is 1. The van der Waals surface area contributed by atoms with Gasteiger partial charge in [0.05, 0.1) is 31.7 Å². The number of aromatic amines is 1. The number of aromatic nitrogens is 2. The molecule has 0 saturated carbocycles. The van der Waals surface area contributed by atoms with Gasteiger partial charge in [0.2, 0.25) is 0 Å². The van der Waals surface area contributed by atoms with E-state index in [1.807, 2.05) is 0 Å². The molecule has 100 valence electrons. The SMILES string of the molecule is COc1ccc(OC)c(NC(=O)c2cn[nH]c2C)c1. The molecular weight excluding hydrogens is 246 g/mol. The fourth-order valence-electron chi connectivity index (χ4n) is 1.68. The third-order valence-electron chi connectivity index (χ3n) is 2.73. The number of benzene rings is 1. The van der Waals surface area contributed by atoms with E-state index in [-0.39, 0.29) is 5.91 Å². The maximum Gasteiger partial charge on any atom is 0.259 e. The van der Waals surface area contributed by atoms with Crippen molar-refractivity contribution >= 4 is 11.6 Å². The van der Waals surface area contributed by atoms with Crippen LogP contribution in [0.4, 0.5) is 5.69 Å². The van der Waals surface area contributed by atoms with Gasteiger partial charge in [-0.3, -0.25) is 9.89 Å². The van der Waals surface area contributed by atoms with Crippen LogP contribution in [-0.2, 0) is 0 Å². The normalized spacial score (nSPS) is 10.1. The number of ether oxygens (including phenoxy) is 2. The van der Waals surface area contributed by atoms with Gasteiger partial charge in [-0.05, 0) is 19.1 Å². The van der Waals surface area contributed by atoms with Crippen LogP contribution in [0.1, 0.15) is 16.1 Å². The first-order valence-corrected chi connectivity index (χ1v) is 5.69. The van der Waals surface area contributed by atoms with Gasteiger partial charge < -0.3 is 14.8 Å². The Morgan fingerprint density at radius 2 is 2.11 bits per heavy atom. The van der Waals surface area contributed by atoms with Crippen molar-refractivity contribution in [1.29, 1.82) is 0 Å². The number of carbonyl (C=O) groups is 1. The Morgan fingerprint density at radius 3 is 2.68 bits per heavy atom. The molecule has 2 rings (SSSR count). The molecule has 0 fully saturated rings. The number of rotatable bonds is 4. The average molecular weight is 261 g/mol. The van der Waals surface area contributed by atoms with E-state index in [2.05, 4.69) is 15.5 Å². The number of aryl methyl sites for hydroxylation is 1. The minimum atomic E-state index is -0.252. The average Bonchev–Trinajstić information content (AvgIpc) is 2.85. The molecule has 0 bridgehead atoms. The Bertz CT molecular complexity index is 593. The summed E-state index contributed by atoms with van der Waals surface area (Å²) in [5.74, 6) is 0.952. The van der Waals surface area contributed by atoms with Crippen molar-refractivity contribution in [2.45, 2.75) is 6.92 Å². The Kier molecular flexibility index (Phi) is 3.70. The molecule has 2 N–H and O–H groups in total. The highest BCUT2D eigenvalue weighted by Crippen LogP contribution is 2.29. The van der Waals surface area contributed by atoms with Crippen molar-refractivity contribution in [3.8, 4) is 11.5 Å². The minimum Gasteiger partial charge on any atom is -0.497 e. The third kappa shape index (κ3) is 2.67. The molecule has 0 unspecified atom stereocenters. The number of amides is 1. The summed E-state index contributed by atoms with van der Waals surface area (Å²) >= 11 is 0. The molecule has 0 aliphatic heterocycles. The van der Waals surface area contributed by atoms with Crippen LogP contribution in [0.5, 0.6) is 11.5 Å². The third-order valence-corrected chi connectivity index (χ3v) is 2.73. The maximum atomic E-state index is 12.1. The molecule has 0 spiro atoms. The van der Waals surface area contributed by atoms with Crippen LogP contribution in [0.3, 0.4) is 0 Å². The molecule has 0 aliphatic rings.